The third kappa shape index (κ3) is 14.9. The normalized spacial score (nSPS) is 12.4. The van der Waals surface area contributed by atoms with E-state index in [2.05, 4.69) is 40.0 Å². The van der Waals surface area contributed by atoms with Gasteiger partial charge in [0.2, 0.25) is 18.2 Å². The maximum atomic E-state index is 14.6. The Morgan fingerprint density at radius 1 is 0.871 bits per heavy atom. The summed E-state index contributed by atoms with van der Waals surface area (Å²) >= 11 is 0. The molecule has 62 heavy (non-hydrogen) atoms. The number of nitrogens with one attached hydrogen (secondary N) is 4. The molecule has 330 valence electrons. The van der Waals surface area contributed by atoms with Gasteiger partial charge in [0, 0.05) is 74.3 Å². The number of carbonyl (C=O) groups is 5. The van der Waals surface area contributed by atoms with Crippen molar-refractivity contribution in [2.24, 2.45) is 5.73 Å². The summed E-state index contributed by atoms with van der Waals surface area (Å²) in [5.74, 6) is -1.90. The Balaban J connectivity index is 0.000000312. The Hall–Kier alpha value is -6.52. The number of aromatic nitrogens is 1. The van der Waals surface area contributed by atoms with E-state index >= 15 is 0 Å². The predicted molar refractivity (Wildman–Crippen MR) is 236 cm³/mol. The van der Waals surface area contributed by atoms with Crippen molar-refractivity contribution >= 4 is 41.6 Å². The van der Waals surface area contributed by atoms with Crippen LogP contribution < -0.4 is 21.7 Å². The molecule has 6 N–H and O–H groups in total. The lowest BCUT2D eigenvalue weighted by Gasteiger charge is -2.35. The van der Waals surface area contributed by atoms with Crippen LogP contribution in [0.1, 0.15) is 70.8 Å². The van der Waals surface area contributed by atoms with Crippen LogP contribution in [-0.4, -0.2) is 115 Å². The van der Waals surface area contributed by atoms with Gasteiger partial charge in [0.25, 0.3) is 5.91 Å². The van der Waals surface area contributed by atoms with E-state index in [0.29, 0.717) is 62.6 Å². The molecule has 0 radical (unpaired) electrons. The standard InChI is InChI=1S/C27H33FN6O5.C19H24N2O2/c28-23-6-5-19(16-24(29)20-3-1-2-4-21(20)26(30)37)15-22(23)27(38)34-11-9-33(10-12-34)25(36)17-31-7-13-39-14-8-32-18-35;1-6-14-8-7-9-15(10-14)16-11-17(13(2)20-12-16)21-18(22)23-19(3,4)5/h1-6,15,18,29,31H,7-14,16-17H2,(H2,30,37)(H,32,35);7-12H,6H2,1-5H3,(H,21,22). The van der Waals surface area contributed by atoms with Crippen LogP contribution in [0.25, 0.3) is 11.1 Å². The van der Waals surface area contributed by atoms with E-state index in [1.807, 2.05) is 52.1 Å². The van der Waals surface area contributed by atoms with Crippen LogP contribution in [-0.2, 0) is 31.9 Å². The molecule has 1 aliphatic heterocycles. The summed E-state index contributed by atoms with van der Waals surface area (Å²) < 4.78 is 25.2. The Kier molecular flexibility index (Phi) is 18.2. The minimum atomic E-state index is -0.667. The number of hydrogen-bond acceptors (Lipinski definition) is 10. The fourth-order valence-electron chi connectivity index (χ4n) is 6.38. The molecule has 4 aromatic rings. The van der Waals surface area contributed by atoms with E-state index in [1.165, 1.54) is 28.7 Å². The zero-order valence-corrected chi connectivity index (χ0v) is 36.0. The van der Waals surface area contributed by atoms with Gasteiger partial charge in [-0.15, -0.1) is 0 Å². The highest BCUT2D eigenvalue weighted by Gasteiger charge is 2.27. The van der Waals surface area contributed by atoms with Crippen molar-refractivity contribution in [2.75, 3.05) is 64.3 Å². The molecule has 0 spiro atoms. The summed E-state index contributed by atoms with van der Waals surface area (Å²) in [6.45, 7) is 12.5. The Morgan fingerprint density at radius 3 is 2.24 bits per heavy atom. The van der Waals surface area contributed by atoms with Crippen molar-refractivity contribution in [1.29, 1.82) is 5.41 Å². The number of primary amides is 1. The minimum absolute atomic E-state index is 0.0841. The maximum absolute atomic E-state index is 14.6. The molecule has 5 rings (SSSR count). The molecule has 0 saturated carbocycles. The lowest BCUT2D eigenvalue weighted by molar-refractivity contribution is -0.131. The number of halogens is 1. The minimum Gasteiger partial charge on any atom is -0.444 e. The van der Waals surface area contributed by atoms with Crippen LogP contribution in [0, 0.1) is 18.2 Å². The molecule has 2 heterocycles. The lowest BCUT2D eigenvalue weighted by atomic mass is 9.96. The number of aryl methyl sites for hydroxylation is 2. The Labute approximate surface area is 362 Å². The van der Waals surface area contributed by atoms with E-state index in [0.717, 1.165) is 23.2 Å². The average Bonchev–Trinajstić information content (AvgIpc) is 3.25. The number of anilines is 1. The first kappa shape index (κ1) is 48.1. The van der Waals surface area contributed by atoms with Crippen molar-refractivity contribution in [3.63, 3.8) is 0 Å². The monoisotopic (exact) mass is 852 g/mol. The smallest absolute Gasteiger partial charge is 0.412 e. The number of pyridine rings is 1. The van der Waals surface area contributed by atoms with Crippen molar-refractivity contribution in [3.05, 3.63) is 118 Å². The second kappa shape index (κ2) is 23.5. The third-order valence-electron chi connectivity index (χ3n) is 9.64. The summed E-state index contributed by atoms with van der Waals surface area (Å²) in [5, 5.41) is 16.7. The molecule has 15 nitrogen and oxygen atoms in total. The number of piperazine rings is 1. The quantitative estimate of drug-likeness (QED) is 0.0541. The Morgan fingerprint density at radius 2 is 1.56 bits per heavy atom. The average molecular weight is 853 g/mol. The van der Waals surface area contributed by atoms with E-state index in [-0.39, 0.29) is 48.8 Å². The lowest BCUT2D eigenvalue weighted by Crippen LogP contribution is -2.52. The second-order valence-corrected chi connectivity index (χ2v) is 15.5. The van der Waals surface area contributed by atoms with Crippen LogP contribution >= 0.6 is 0 Å². The van der Waals surface area contributed by atoms with Gasteiger partial charge in [0.1, 0.15) is 11.4 Å². The maximum Gasteiger partial charge on any atom is 0.412 e. The van der Waals surface area contributed by atoms with Gasteiger partial charge in [-0.05, 0) is 75.1 Å². The van der Waals surface area contributed by atoms with Crippen LogP contribution in [0.3, 0.4) is 0 Å². The molecule has 5 amide bonds. The number of nitrogens with zero attached hydrogens (tertiary/aromatic N) is 3. The molecule has 0 unspecified atom stereocenters. The van der Waals surface area contributed by atoms with Gasteiger partial charge >= 0.3 is 6.09 Å². The zero-order valence-electron chi connectivity index (χ0n) is 36.0. The molecule has 0 atom stereocenters. The summed E-state index contributed by atoms with van der Waals surface area (Å²) in [7, 11) is 0. The molecule has 1 saturated heterocycles. The molecule has 0 aliphatic carbocycles. The number of ether oxygens (including phenoxy) is 2. The van der Waals surface area contributed by atoms with Gasteiger partial charge in [0.05, 0.1) is 36.7 Å². The van der Waals surface area contributed by atoms with Crippen molar-refractivity contribution in [1.82, 2.24) is 25.4 Å². The first-order chi connectivity index (χ1) is 29.6. The fraction of sp³-hybridized carbons (Fsp3) is 0.370. The number of benzene rings is 3. The van der Waals surface area contributed by atoms with Crippen LogP contribution in [0.2, 0.25) is 0 Å². The van der Waals surface area contributed by atoms with Gasteiger partial charge in [-0.3, -0.25) is 29.5 Å². The summed E-state index contributed by atoms with van der Waals surface area (Å²) in [4.78, 5) is 66.9. The van der Waals surface area contributed by atoms with E-state index < -0.39 is 29.3 Å². The van der Waals surface area contributed by atoms with Crippen LogP contribution in [0.4, 0.5) is 14.9 Å². The van der Waals surface area contributed by atoms with E-state index in [4.69, 9.17) is 20.6 Å². The third-order valence-corrected chi connectivity index (χ3v) is 9.64. The second-order valence-electron chi connectivity index (χ2n) is 15.5. The molecule has 3 aromatic carbocycles. The first-order valence-corrected chi connectivity index (χ1v) is 20.4. The summed E-state index contributed by atoms with van der Waals surface area (Å²) in [6.07, 6.45) is 3.02. The SMILES string of the molecule is CCc1cccc(-c2cnc(C)c(NC(=O)OC(C)(C)C)c2)c1.N=C(Cc1ccc(F)c(C(=O)N2CCN(C(=O)CNCCOCCNC=O)CC2)c1)c1ccccc1C(N)=O. The molecule has 0 bridgehead atoms. The van der Waals surface area contributed by atoms with Crippen molar-refractivity contribution < 1.29 is 37.8 Å². The molecule has 1 aromatic heterocycles. The van der Waals surface area contributed by atoms with E-state index in [1.54, 1.807) is 29.2 Å². The summed E-state index contributed by atoms with van der Waals surface area (Å²) in [5.41, 5.74) is 10.8. The molecular weight excluding hydrogens is 796 g/mol. The largest absolute Gasteiger partial charge is 0.444 e. The first-order valence-electron chi connectivity index (χ1n) is 20.4. The fourth-order valence-corrected chi connectivity index (χ4v) is 6.38. The molecule has 1 fully saturated rings. The van der Waals surface area contributed by atoms with Crippen LogP contribution in [0.15, 0.2) is 79.0 Å². The zero-order chi connectivity index (χ0) is 45.2. The van der Waals surface area contributed by atoms with Crippen molar-refractivity contribution in [3.8, 4) is 11.1 Å². The summed E-state index contributed by atoms with van der Waals surface area (Å²) in [6, 6.07) is 20.9. The Bertz CT molecular complexity index is 2200. The van der Waals surface area contributed by atoms with Crippen molar-refractivity contribution in [2.45, 2.75) is 53.1 Å². The van der Waals surface area contributed by atoms with Gasteiger partial charge in [-0.25, -0.2) is 9.18 Å². The van der Waals surface area contributed by atoms with Crippen LogP contribution in [0.5, 0.6) is 0 Å². The highest BCUT2D eigenvalue weighted by Crippen LogP contribution is 2.25. The molecular formula is C46H57FN8O7. The predicted octanol–water partition coefficient (Wildman–Crippen LogP) is 5.14. The number of hydrogen-bond donors (Lipinski definition) is 5. The number of nitrogens with two attached hydrogens (primary N) is 1. The van der Waals surface area contributed by atoms with Gasteiger partial charge in [0.15, 0.2) is 0 Å². The van der Waals surface area contributed by atoms with E-state index in [9.17, 15) is 28.4 Å². The molecule has 1 aliphatic rings. The highest BCUT2D eigenvalue weighted by atomic mass is 19.1. The van der Waals surface area contributed by atoms with Gasteiger partial charge in [-0.2, -0.15) is 0 Å². The van der Waals surface area contributed by atoms with Gasteiger partial charge in [-0.1, -0.05) is 55.5 Å². The number of carbonyl (C=O) groups excluding carboxylic acids is 5. The van der Waals surface area contributed by atoms with Gasteiger partial charge < -0.3 is 41.1 Å². The topological polar surface area (TPSA) is 209 Å². The highest BCUT2D eigenvalue weighted by molar-refractivity contribution is 6.09. The molecule has 16 heteroatoms. The number of rotatable bonds is 17. The number of amides is 5.